The van der Waals surface area contributed by atoms with Gasteiger partial charge in [-0.15, -0.1) is 0 Å². The van der Waals surface area contributed by atoms with Crippen molar-refractivity contribution in [3.63, 3.8) is 0 Å². The van der Waals surface area contributed by atoms with Crippen LogP contribution in [0, 0.1) is 0 Å². The summed E-state index contributed by atoms with van der Waals surface area (Å²) in [4.78, 5) is 15.3. The van der Waals surface area contributed by atoms with E-state index in [2.05, 4.69) is 187 Å². The highest BCUT2D eigenvalue weighted by Crippen LogP contribution is 2.44. The maximum Gasteiger partial charge on any atom is 0.0963 e. The number of benzene rings is 7. The average Bonchev–Trinajstić information content (AvgIpc) is 3.60. The molecule has 0 radical (unpaired) electrons. The summed E-state index contributed by atoms with van der Waals surface area (Å²) in [6.45, 7) is 0. The average molecular weight is 701 g/mol. The molecule has 0 aliphatic carbocycles. The summed E-state index contributed by atoms with van der Waals surface area (Å²) in [6, 6.07) is 66.5. The molecule has 4 aromatic heterocycles. The Balaban J connectivity index is 1.03. The van der Waals surface area contributed by atoms with Gasteiger partial charge in [-0.05, 0) is 104 Å². The van der Waals surface area contributed by atoms with E-state index in [1.54, 1.807) is 0 Å². The minimum absolute atomic E-state index is 0.826. The van der Waals surface area contributed by atoms with E-state index in [0.29, 0.717) is 0 Å². The standard InChI is InChI=1S/C51H32N4/c1-2-14-34-31-36(29-28-33(34)13-1)49-38-17-3-5-19-40(38)50(41-20-6-4-18-39(41)49)46-25-11-24-45(54-46)44-23-10-22-43(53-44)35-15-9-16-37(32-35)55-47-26-8-7-21-42(47)51-48(55)27-12-30-52-51/h1-32H. The van der Waals surface area contributed by atoms with Gasteiger partial charge in [-0.3, -0.25) is 4.98 Å². The predicted molar refractivity (Wildman–Crippen MR) is 228 cm³/mol. The summed E-state index contributed by atoms with van der Waals surface area (Å²) in [5.41, 5.74) is 12.3. The van der Waals surface area contributed by atoms with Gasteiger partial charge >= 0.3 is 0 Å². The van der Waals surface area contributed by atoms with Crippen LogP contribution in [0.4, 0.5) is 0 Å². The first-order valence-electron chi connectivity index (χ1n) is 18.6. The van der Waals surface area contributed by atoms with Gasteiger partial charge in [0.05, 0.1) is 39.3 Å². The maximum absolute atomic E-state index is 5.34. The number of rotatable bonds is 5. The molecule has 0 aliphatic rings. The predicted octanol–water partition coefficient (Wildman–Crippen LogP) is 13.1. The van der Waals surface area contributed by atoms with Crippen molar-refractivity contribution in [2.45, 2.75) is 0 Å². The largest absolute Gasteiger partial charge is 0.308 e. The van der Waals surface area contributed by atoms with Crippen molar-refractivity contribution in [3.8, 4) is 50.7 Å². The molecular formula is C51H32N4. The van der Waals surface area contributed by atoms with Crippen molar-refractivity contribution < 1.29 is 0 Å². The highest BCUT2D eigenvalue weighted by atomic mass is 15.0. The van der Waals surface area contributed by atoms with E-state index in [9.17, 15) is 0 Å². The second-order valence-electron chi connectivity index (χ2n) is 14.0. The molecule has 256 valence electrons. The fraction of sp³-hybridized carbons (Fsp3) is 0. The molecule has 4 heteroatoms. The van der Waals surface area contributed by atoms with Gasteiger partial charge in [0.25, 0.3) is 0 Å². The lowest BCUT2D eigenvalue weighted by atomic mass is 9.86. The molecule has 11 aromatic rings. The first-order chi connectivity index (χ1) is 27.3. The van der Waals surface area contributed by atoms with Crippen LogP contribution in [-0.2, 0) is 0 Å². The van der Waals surface area contributed by atoms with Crippen molar-refractivity contribution in [1.29, 1.82) is 0 Å². The summed E-state index contributed by atoms with van der Waals surface area (Å²) in [6.07, 6.45) is 1.86. The molecule has 4 nitrogen and oxygen atoms in total. The lowest BCUT2D eigenvalue weighted by Gasteiger charge is -2.18. The van der Waals surface area contributed by atoms with Gasteiger partial charge in [0.1, 0.15) is 0 Å². The molecule has 0 unspecified atom stereocenters. The third-order valence-corrected chi connectivity index (χ3v) is 10.8. The van der Waals surface area contributed by atoms with E-state index >= 15 is 0 Å². The first kappa shape index (κ1) is 31.1. The molecule has 0 atom stereocenters. The summed E-state index contributed by atoms with van der Waals surface area (Å²) >= 11 is 0. The maximum atomic E-state index is 5.34. The fourth-order valence-corrected chi connectivity index (χ4v) is 8.38. The van der Waals surface area contributed by atoms with E-state index < -0.39 is 0 Å². The van der Waals surface area contributed by atoms with Crippen molar-refractivity contribution >= 4 is 54.3 Å². The number of aromatic nitrogens is 4. The molecule has 0 fully saturated rings. The number of pyridine rings is 3. The second kappa shape index (κ2) is 12.6. The third-order valence-electron chi connectivity index (χ3n) is 10.8. The number of nitrogens with zero attached hydrogens (tertiary/aromatic N) is 4. The minimum Gasteiger partial charge on any atom is -0.308 e. The number of hydrogen-bond acceptors (Lipinski definition) is 3. The van der Waals surface area contributed by atoms with Crippen LogP contribution in [0.2, 0.25) is 0 Å². The van der Waals surface area contributed by atoms with Gasteiger partial charge < -0.3 is 4.57 Å². The Morgan fingerprint density at radius 2 is 0.927 bits per heavy atom. The van der Waals surface area contributed by atoms with E-state index in [4.69, 9.17) is 15.0 Å². The summed E-state index contributed by atoms with van der Waals surface area (Å²) in [5.74, 6) is 0. The van der Waals surface area contributed by atoms with E-state index in [0.717, 1.165) is 61.5 Å². The zero-order valence-electron chi connectivity index (χ0n) is 29.8. The molecule has 0 bridgehead atoms. The molecule has 0 spiro atoms. The number of para-hydroxylation sites is 1. The molecular weight excluding hydrogens is 669 g/mol. The summed E-state index contributed by atoms with van der Waals surface area (Å²) in [7, 11) is 0. The van der Waals surface area contributed by atoms with Gasteiger partial charge in [-0.25, -0.2) is 9.97 Å². The molecule has 0 saturated carbocycles. The van der Waals surface area contributed by atoms with Crippen LogP contribution in [0.25, 0.3) is 105 Å². The SMILES string of the molecule is c1cc(-c2cccc(-c3cccc(-c4c5ccccc5c(-c5ccc6ccccc6c5)c5ccccc45)n3)n2)cc(-n2c3ccccc3c3ncccc32)c1. The van der Waals surface area contributed by atoms with Crippen LogP contribution in [0.1, 0.15) is 0 Å². The quantitative estimate of drug-likeness (QED) is 0.168. The van der Waals surface area contributed by atoms with Crippen molar-refractivity contribution in [3.05, 3.63) is 194 Å². The van der Waals surface area contributed by atoms with Crippen molar-refractivity contribution in [2.75, 3.05) is 0 Å². The van der Waals surface area contributed by atoms with Gasteiger partial charge in [0.15, 0.2) is 0 Å². The van der Waals surface area contributed by atoms with Gasteiger partial charge in [-0.1, -0.05) is 127 Å². The summed E-state index contributed by atoms with van der Waals surface area (Å²) in [5, 5.41) is 8.37. The normalized spacial score (nSPS) is 11.6. The molecule has 0 saturated heterocycles. The Morgan fingerprint density at radius 3 is 1.69 bits per heavy atom. The van der Waals surface area contributed by atoms with E-state index in [1.807, 2.05) is 12.3 Å². The molecule has 7 aromatic carbocycles. The van der Waals surface area contributed by atoms with Crippen molar-refractivity contribution in [2.24, 2.45) is 0 Å². The Morgan fingerprint density at radius 1 is 0.345 bits per heavy atom. The molecule has 4 heterocycles. The monoisotopic (exact) mass is 700 g/mol. The zero-order valence-corrected chi connectivity index (χ0v) is 29.8. The van der Waals surface area contributed by atoms with Crippen LogP contribution < -0.4 is 0 Å². The highest BCUT2D eigenvalue weighted by Gasteiger charge is 2.19. The second-order valence-corrected chi connectivity index (χ2v) is 14.0. The van der Waals surface area contributed by atoms with Crippen LogP contribution >= 0.6 is 0 Å². The van der Waals surface area contributed by atoms with Crippen LogP contribution in [0.5, 0.6) is 0 Å². The topological polar surface area (TPSA) is 43.6 Å². The van der Waals surface area contributed by atoms with Gasteiger partial charge in [-0.2, -0.15) is 0 Å². The van der Waals surface area contributed by atoms with Crippen LogP contribution in [-0.4, -0.2) is 19.5 Å². The van der Waals surface area contributed by atoms with Gasteiger partial charge in [0, 0.05) is 28.4 Å². The highest BCUT2D eigenvalue weighted by molar-refractivity contribution is 6.21. The van der Waals surface area contributed by atoms with E-state index in [1.165, 1.54) is 43.4 Å². The summed E-state index contributed by atoms with van der Waals surface area (Å²) < 4.78 is 2.29. The Kier molecular flexibility index (Phi) is 7.14. The first-order valence-corrected chi connectivity index (χ1v) is 18.6. The van der Waals surface area contributed by atoms with E-state index in [-0.39, 0.29) is 0 Å². The molecule has 0 aliphatic heterocycles. The number of fused-ring (bicyclic) bond motifs is 6. The molecule has 0 N–H and O–H groups in total. The molecule has 55 heavy (non-hydrogen) atoms. The lowest BCUT2D eigenvalue weighted by Crippen LogP contribution is -1.96. The number of hydrogen-bond donors (Lipinski definition) is 0. The lowest BCUT2D eigenvalue weighted by molar-refractivity contribution is 1.17. The zero-order chi connectivity index (χ0) is 36.3. The van der Waals surface area contributed by atoms with Gasteiger partial charge in [0.2, 0.25) is 0 Å². The third kappa shape index (κ3) is 5.11. The fourth-order valence-electron chi connectivity index (χ4n) is 8.38. The van der Waals surface area contributed by atoms with Crippen LogP contribution in [0.3, 0.4) is 0 Å². The molecule has 0 amide bonds. The minimum atomic E-state index is 0.826. The van der Waals surface area contributed by atoms with Crippen LogP contribution in [0.15, 0.2) is 194 Å². The molecule has 11 rings (SSSR count). The Bertz CT molecular complexity index is 3170. The Labute approximate surface area is 317 Å². The smallest absolute Gasteiger partial charge is 0.0963 e. The Hall–Kier alpha value is -7.43. The van der Waals surface area contributed by atoms with Crippen molar-refractivity contribution in [1.82, 2.24) is 19.5 Å².